The number of nitrogens with zero attached hydrogens (tertiary/aromatic N) is 1. The molecule has 1 aromatic carbocycles. The molecule has 23 heavy (non-hydrogen) atoms. The second-order valence-corrected chi connectivity index (χ2v) is 6.12. The molecular formula is C17H24FN3O2. The average Bonchev–Trinajstić information content (AvgIpc) is 2.59. The maximum atomic E-state index is 14.3. The first-order valence-electron chi connectivity index (χ1n) is 8.33. The van der Waals surface area contributed by atoms with Crippen molar-refractivity contribution in [3.05, 3.63) is 35.6 Å². The minimum Gasteiger partial charge on any atom is -0.379 e. The Kier molecular flexibility index (Phi) is 5.59. The minimum absolute atomic E-state index is 0.117. The van der Waals surface area contributed by atoms with Crippen LogP contribution in [-0.4, -0.2) is 56.2 Å². The van der Waals surface area contributed by atoms with Crippen molar-refractivity contribution in [2.45, 2.75) is 24.9 Å². The number of benzene rings is 1. The molecular weight excluding hydrogens is 297 g/mol. The van der Waals surface area contributed by atoms with Crippen molar-refractivity contribution in [3.8, 4) is 0 Å². The fourth-order valence-corrected chi connectivity index (χ4v) is 3.29. The third kappa shape index (κ3) is 4.07. The van der Waals surface area contributed by atoms with E-state index in [9.17, 15) is 9.18 Å². The number of amides is 1. The van der Waals surface area contributed by atoms with Gasteiger partial charge in [-0.25, -0.2) is 4.39 Å². The molecule has 0 spiro atoms. The number of ether oxygens (including phenoxy) is 1. The van der Waals surface area contributed by atoms with Crippen LogP contribution in [0.25, 0.3) is 0 Å². The summed E-state index contributed by atoms with van der Waals surface area (Å²) in [5.74, 6) is -0.452. The minimum atomic E-state index is -0.595. The van der Waals surface area contributed by atoms with E-state index >= 15 is 0 Å². The van der Waals surface area contributed by atoms with Crippen LogP contribution in [0.15, 0.2) is 24.3 Å². The monoisotopic (exact) mass is 321 g/mol. The Morgan fingerprint density at radius 3 is 2.83 bits per heavy atom. The number of hydrogen-bond donors (Lipinski definition) is 2. The van der Waals surface area contributed by atoms with Gasteiger partial charge >= 0.3 is 0 Å². The molecule has 3 rings (SSSR count). The SMILES string of the molecule is O=C(N[C@H]1CCCNC1)C(c1ccccc1F)N1CCOCC1. The molecule has 126 valence electrons. The molecule has 2 saturated heterocycles. The Balaban J connectivity index is 1.79. The second-order valence-electron chi connectivity index (χ2n) is 6.12. The summed E-state index contributed by atoms with van der Waals surface area (Å²) in [6.45, 7) is 4.18. The molecule has 1 aromatic rings. The standard InChI is InChI=1S/C17H24FN3O2/c18-15-6-2-1-5-14(15)16(21-8-10-23-11-9-21)17(22)20-13-4-3-7-19-12-13/h1-2,5-6,13,16,19H,3-4,7-12H2,(H,20,22)/t13-,16?/m0/s1. The number of nitrogens with one attached hydrogen (secondary N) is 2. The van der Waals surface area contributed by atoms with E-state index in [0.29, 0.717) is 31.9 Å². The predicted octanol–water partition coefficient (Wildman–Crippen LogP) is 1.07. The quantitative estimate of drug-likeness (QED) is 0.871. The van der Waals surface area contributed by atoms with Crippen LogP contribution in [-0.2, 0) is 9.53 Å². The Hall–Kier alpha value is -1.50. The lowest BCUT2D eigenvalue weighted by molar-refractivity contribution is -0.129. The summed E-state index contributed by atoms with van der Waals surface area (Å²) in [6.07, 6.45) is 2.01. The van der Waals surface area contributed by atoms with Crippen molar-refractivity contribution >= 4 is 5.91 Å². The highest BCUT2D eigenvalue weighted by atomic mass is 19.1. The van der Waals surface area contributed by atoms with E-state index in [1.165, 1.54) is 6.07 Å². The van der Waals surface area contributed by atoms with Gasteiger partial charge in [-0.2, -0.15) is 0 Å². The zero-order chi connectivity index (χ0) is 16.1. The number of morpholine rings is 1. The van der Waals surface area contributed by atoms with Gasteiger partial charge < -0.3 is 15.4 Å². The van der Waals surface area contributed by atoms with E-state index in [1.54, 1.807) is 18.2 Å². The maximum Gasteiger partial charge on any atom is 0.242 e. The van der Waals surface area contributed by atoms with Crippen molar-refractivity contribution < 1.29 is 13.9 Å². The molecule has 0 aromatic heterocycles. The number of hydrogen-bond acceptors (Lipinski definition) is 4. The number of carbonyl (C=O) groups is 1. The molecule has 1 unspecified atom stereocenters. The molecule has 0 radical (unpaired) electrons. The first-order chi connectivity index (χ1) is 11.3. The predicted molar refractivity (Wildman–Crippen MR) is 85.6 cm³/mol. The summed E-state index contributed by atoms with van der Waals surface area (Å²) >= 11 is 0. The molecule has 2 N–H and O–H groups in total. The van der Waals surface area contributed by atoms with Crippen LogP contribution in [0.3, 0.4) is 0 Å². The molecule has 0 aliphatic carbocycles. The van der Waals surface area contributed by atoms with Gasteiger partial charge in [0.05, 0.1) is 13.2 Å². The van der Waals surface area contributed by atoms with Crippen LogP contribution in [0.5, 0.6) is 0 Å². The Morgan fingerprint density at radius 1 is 1.35 bits per heavy atom. The third-order valence-electron chi connectivity index (χ3n) is 4.50. The zero-order valence-corrected chi connectivity index (χ0v) is 13.3. The Bertz CT molecular complexity index is 528. The van der Waals surface area contributed by atoms with Crippen LogP contribution in [0, 0.1) is 5.82 Å². The van der Waals surface area contributed by atoms with Gasteiger partial charge in [0, 0.05) is 31.2 Å². The van der Waals surface area contributed by atoms with Crippen molar-refractivity contribution in [2.75, 3.05) is 39.4 Å². The van der Waals surface area contributed by atoms with Crippen LogP contribution in [0.2, 0.25) is 0 Å². The molecule has 2 aliphatic heterocycles. The van der Waals surface area contributed by atoms with Crippen LogP contribution in [0.1, 0.15) is 24.4 Å². The first kappa shape index (κ1) is 16.4. The molecule has 0 bridgehead atoms. The molecule has 2 fully saturated rings. The average molecular weight is 321 g/mol. The lowest BCUT2D eigenvalue weighted by Gasteiger charge is -2.35. The van der Waals surface area contributed by atoms with E-state index in [4.69, 9.17) is 4.74 Å². The van der Waals surface area contributed by atoms with Crippen LogP contribution >= 0.6 is 0 Å². The van der Waals surface area contributed by atoms with Crippen LogP contribution < -0.4 is 10.6 Å². The summed E-state index contributed by atoms with van der Waals surface area (Å²) in [6, 6.07) is 6.07. The summed E-state index contributed by atoms with van der Waals surface area (Å²) in [4.78, 5) is 14.9. The van der Waals surface area contributed by atoms with Gasteiger partial charge in [-0.05, 0) is 25.5 Å². The fourth-order valence-electron chi connectivity index (χ4n) is 3.29. The Morgan fingerprint density at radius 2 is 2.13 bits per heavy atom. The molecule has 0 saturated carbocycles. The van der Waals surface area contributed by atoms with E-state index in [1.807, 2.05) is 4.90 Å². The highest BCUT2D eigenvalue weighted by Crippen LogP contribution is 2.25. The third-order valence-corrected chi connectivity index (χ3v) is 4.50. The molecule has 2 aliphatic rings. The zero-order valence-electron chi connectivity index (χ0n) is 13.3. The summed E-state index contributed by atoms with van der Waals surface area (Å²) in [5, 5.41) is 6.38. The molecule has 6 heteroatoms. The first-order valence-corrected chi connectivity index (χ1v) is 8.33. The molecule has 2 atom stereocenters. The van der Waals surface area contributed by atoms with Crippen molar-refractivity contribution in [1.29, 1.82) is 0 Å². The number of halogens is 1. The van der Waals surface area contributed by atoms with Crippen molar-refractivity contribution in [3.63, 3.8) is 0 Å². The van der Waals surface area contributed by atoms with Gasteiger partial charge in [0.1, 0.15) is 11.9 Å². The highest BCUT2D eigenvalue weighted by molar-refractivity contribution is 5.83. The normalized spacial score (nSPS) is 24.1. The van der Waals surface area contributed by atoms with E-state index in [-0.39, 0.29) is 17.8 Å². The van der Waals surface area contributed by atoms with Gasteiger partial charge in [0.15, 0.2) is 0 Å². The lowest BCUT2D eigenvalue weighted by atomic mass is 10.0. The van der Waals surface area contributed by atoms with Gasteiger partial charge in [-0.1, -0.05) is 18.2 Å². The number of carbonyl (C=O) groups excluding carboxylic acids is 1. The lowest BCUT2D eigenvalue weighted by Crippen LogP contribution is -2.51. The fraction of sp³-hybridized carbons (Fsp3) is 0.588. The van der Waals surface area contributed by atoms with E-state index in [0.717, 1.165) is 25.9 Å². The summed E-state index contributed by atoms with van der Waals surface area (Å²) < 4.78 is 19.7. The van der Waals surface area contributed by atoms with Crippen molar-refractivity contribution in [1.82, 2.24) is 15.5 Å². The number of piperidine rings is 1. The topological polar surface area (TPSA) is 53.6 Å². The second kappa shape index (κ2) is 7.86. The van der Waals surface area contributed by atoms with Gasteiger partial charge in [0.2, 0.25) is 5.91 Å². The Labute approximate surface area is 136 Å². The summed E-state index contributed by atoms with van der Waals surface area (Å²) in [7, 11) is 0. The van der Waals surface area contributed by atoms with Gasteiger partial charge in [-0.3, -0.25) is 9.69 Å². The van der Waals surface area contributed by atoms with Gasteiger partial charge in [-0.15, -0.1) is 0 Å². The largest absolute Gasteiger partial charge is 0.379 e. The van der Waals surface area contributed by atoms with E-state index in [2.05, 4.69) is 10.6 Å². The maximum absolute atomic E-state index is 14.3. The highest BCUT2D eigenvalue weighted by Gasteiger charge is 2.32. The van der Waals surface area contributed by atoms with E-state index < -0.39 is 6.04 Å². The number of rotatable bonds is 4. The molecule has 2 heterocycles. The molecule has 5 nitrogen and oxygen atoms in total. The van der Waals surface area contributed by atoms with Gasteiger partial charge in [0.25, 0.3) is 0 Å². The molecule has 1 amide bonds. The van der Waals surface area contributed by atoms with Crippen molar-refractivity contribution in [2.24, 2.45) is 0 Å². The van der Waals surface area contributed by atoms with Crippen LogP contribution in [0.4, 0.5) is 4.39 Å². The summed E-state index contributed by atoms with van der Waals surface area (Å²) in [5.41, 5.74) is 0.440. The smallest absolute Gasteiger partial charge is 0.242 e.